The van der Waals surface area contributed by atoms with E-state index in [4.69, 9.17) is 13.8 Å². The van der Waals surface area contributed by atoms with E-state index in [1.807, 2.05) is 84.9 Å². The average molecular weight is 542 g/mol. The first kappa shape index (κ1) is 26.2. The molecule has 0 aliphatic carbocycles. The SMILES string of the molecule is COc1ccccc1-c1ccc(C[C@H](NCP(=O)(Oc2ccccc2)Oc2ccccc2)c2nnn[nH]2)cc1. The molecule has 10 heteroatoms. The second-order valence-electron chi connectivity index (χ2n) is 8.72. The van der Waals surface area contributed by atoms with Gasteiger partial charge in [-0.25, -0.2) is 9.66 Å². The maximum absolute atomic E-state index is 14.0. The predicted octanol–water partition coefficient (Wildman–Crippen LogP) is 6.06. The number of rotatable bonds is 12. The number of benzene rings is 4. The van der Waals surface area contributed by atoms with Crippen LogP contribution in [0.4, 0.5) is 0 Å². The van der Waals surface area contributed by atoms with Crippen molar-refractivity contribution in [2.45, 2.75) is 12.5 Å². The van der Waals surface area contributed by atoms with Crippen LogP contribution in [0.5, 0.6) is 17.2 Å². The molecular weight excluding hydrogens is 513 g/mol. The summed E-state index contributed by atoms with van der Waals surface area (Å²) in [6.45, 7) is 0. The summed E-state index contributed by atoms with van der Waals surface area (Å²) < 4.78 is 31.3. The molecule has 0 aliphatic heterocycles. The quantitative estimate of drug-likeness (QED) is 0.184. The van der Waals surface area contributed by atoms with Crippen LogP contribution >= 0.6 is 7.60 Å². The number of tetrazole rings is 1. The Morgan fingerprint density at radius 2 is 1.44 bits per heavy atom. The van der Waals surface area contributed by atoms with Crippen molar-refractivity contribution in [2.75, 3.05) is 13.4 Å². The van der Waals surface area contributed by atoms with E-state index in [1.54, 1.807) is 31.4 Å². The summed E-state index contributed by atoms with van der Waals surface area (Å²) in [4.78, 5) is 0. The second-order valence-corrected chi connectivity index (χ2v) is 10.6. The van der Waals surface area contributed by atoms with Gasteiger partial charge < -0.3 is 13.8 Å². The van der Waals surface area contributed by atoms with Gasteiger partial charge in [-0.2, -0.15) is 0 Å². The molecule has 5 aromatic rings. The van der Waals surface area contributed by atoms with Crippen LogP contribution in [0, 0.1) is 0 Å². The first-order chi connectivity index (χ1) is 19.1. The predicted molar refractivity (Wildman–Crippen MR) is 149 cm³/mol. The summed E-state index contributed by atoms with van der Waals surface area (Å²) in [7, 11) is -2.02. The van der Waals surface area contributed by atoms with Gasteiger partial charge in [0.1, 0.15) is 23.5 Å². The van der Waals surface area contributed by atoms with Crippen LogP contribution in [0.2, 0.25) is 0 Å². The molecule has 1 aromatic heterocycles. The van der Waals surface area contributed by atoms with Gasteiger partial charge in [-0.3, -0.25) is 5.32 Å². The number of methoxy groups -OCH3 is 1. The molecule has 0 fully saturated rings. The van der Waals surface area contributed by atoms with E-state index in [2.05, 4.69) is 25.9 Å². The fourth-order valence-electron chi connectivity index (χ4n) is 4.11. The van der Waals surface area contributed by atoms with Gasteiger partial charge in [-0.1, -0.05) is 78.9 Å². The third kappa shape index (κ3) is 6.90. The van der Waals surface area contributed by atoms with E-state index in [1.165, 1.54) is 0 Å². The molecule has 0 radical (unpaired) electrons. The normalized spacial score (nSPS) is 12.0. The third-order valence-corrected chi connectivity index (χ3v) is 7.56. The van der Waals surface area contributed by atoms with Crippen molar-refractivity contribution in [1.29, 1.82) is 0 Å². The van der Waals surface area contributed by atoms with Gasteiger partial charge in [0, 0.05) is 5.56 Å². The first-order valence-corrected chi connectivity index (χ1v) is 14.1. The summed E-state index contributed by atoms with van der Waals surface area (Å²) in [5.74, 6) is 2.21. The molecule has 2 N–H and O–H groups in total. The van der Waals surface area contributed by atoms with E-state index in [9.17, 15) is 4.57 Å². The molecule has 9 nitrogen and oxygen atoms in total. The number of H-pyrrole nitrogens is 1. The Labute approximate surface area is 226 Å². The number of nitrogens with zero attached hydrogens (tertiary/aromatic N) is 3. The lowest BCUT2D eigenvalue weighted by Crippen LogP contribution is -2.27. The molecule has 0 bridgehead atoms. The monoisotopic (exact) mass is 541 g/mol. The zero-order valence-corrected chi connectivity index (χ0v) is 22.2. The van der Waals surface area contributed by atoms with E-state index in [-0.39, 0.29) is 12.3 Å². The molecule has 1 heterocycles. The maximum atomic E-state index is 14.0. The minimum Gasteiger partial charge on any atom is -0.496 e. The largest absolute Gasteiger partial charge is 0.496 e. The van der Waals surface area contributed by atoms with Gasteiger partial charge in [0.05, 0.1) is 13.2 Å². The second kappa shape index (κ2) is 12.4. The number of ether oxygens (including phenoxy) is 1. The Bertz CT molecular complexity index is 1450. The van der Waals surface area contributed by atoms with E-state index < -0.39 is 7.60 Å². The summed E-state index contributed by atoms with van der Waals surface area (Å²) >= 11 is 0. The fraction of sp³-hybridized carbons (Fsp3) is 0.138. The van der Waals surface area contributed by atoms with Gasteiger partial charge in [0.15, 0.2) is 5.82 Å². The van der Waals surface area contributed by atoms with Gasteiger partial charge >= 0.3 is 7.60 Å². The molecule has 0 saturated heterocycles. The average Bonchev–Trinajstić information content (AvgIpc) is 3.52. The maximum Gasteiger partial charge on any atom is 0.444 e. The highest BCUT2D eigenvalue weighted by Crippen LogP contribution is 2.48. The van der Waals surface area contributed by atoms with Gasteiger partial charge in [-0.15, -0.1) is 5.10 Å². The molecule has 5 rings (SSSR count). The minimum atomic E-state index is -3.69. The molecule has 0 saturated carbocycles. The first-order valence-electron chi connectivity index (χ1n) is 12.4. The van der Waals surface area contributed by atoms with Crippen molar-refractivity contribution in [3.05, 3.63) is 121 Å². The van der Waals surface area contributed by atoms with Crippen molar-refractivity contribution < 1.29 is 18.3 Å². The molecule has 0 unspecified atom stereocenters. The van der Waals surface area contributed by atoms with Crippen molar-refractivity contribution >= 4 is 7.60 Å². The standard InChI is InChI=1S/C29H28N5O4P/c1-36-28-15-9-8-14-26(28)23-18-16-22(17-19-23)20-27(29-31-33-34-32-29)30-21-39(35,37-24-10-4-2-5-11-24)38-25-12-6-3-7-13-25/h2-19,27,30H,20-21H2,1H3,(H,31,32,33,34)/t27-/m0/s1. The molecule has 1 atom stereocenters. The number of hydrogen-bond donors (Lipinski definition) is 2. The Morgan fingerprint density at radius 1 is 0.821 bits per heavy atom. The fourth-order valence-corrected chi connectivity index (χ4v) is 5.60. The molecule has 0 spiro atoms. The van der Waals surface area contributed by atoms with Crippen LogP contribution in [0.1, 0.15) is 17.4 Å². The zero-order valence-electron chi connectivity index (χ0n) is 21.3. The Kier molecular flexibility index (Phi) is 8.31. The Balaban J connectivity index is 1.35. The van der Waals surface area contributed by atoms with Crippen LogP contribution in [0.15, 0.2) is 109 Å². The number of hydrogen-bond acceptors (Lipinski definition) is 8. The summed E-state index contributed by atoms with van der Waals surface area (Å²) in [5, 5.41) is 17.7. The van der Waals surface area contributed by atoms with E-state index >= 15 is 0 Å². The van der Waals surface area contributed by atoms with Gasteiger partial charge in [0.2, 0.25) is 0 Å². The zero-order chi connectivity index (χ0) is 26.9. The molecule has 198 valence electrons. The molecule has 0 aliphatic rings. The minimum absolute atomic E-state index is 0.0819. The topological polar surface area (TPSA) is 111 Å². The van der Waals surface area contributed by atoms with E-state index in [0.29, 0.717) is 23.7 Å². The molecule has 0 amide bonds. The van der Waals surface area contributed by atoms with Crippen molar-refractivity contribution in [2.24, 2.45) is 0 Å². The molecule has 4 aromatic carbocycles. The number of para-hydroxylation sites is 3. The lowest BCUT2D eigenvalue weighted by molar-refractivity contribution is 0.374. The van der Waals surface area contributed by atoms with Crippen LogP contribution in [0.25, 0.3) is 11.1 Å². The number of aromatic amines is 1. The van der Waals surface area contributed by atoms with Crippen molar-refractivity contribution in [3.63, 3.8) is 0 Å². The van der Waals surface area contributed by atoms with E-state index in [0.717, 1.165) is 22.4 Å². The molecule has 39 heavy (non-hydrogen) atoms. The summed E-state index contributed by atoms with van der Waals surface area (Å²) in [6, 6.07) is 33.6. The van der Waals surface area contributed by atoms with Crippen LogP contribution in [-0.2, 0) is 11.0 Å². The highest BCUT2D eigenvalue weighted by atomic mass is 31.2. The Hall–Kier alpha value is -4.46. The van der Waals surface area contributed by atoms with Crippen molar-refractivity contribution in [3.8, 4) is 28.4 Å². The van der Waals surface area contributed by atoms with Gasteiger partial charge in [-0.05, 0) is 58.3 Å². The lowest BCUT2D eigenvalue weighted by Gasteiger charge is -2.23. The van der Waals surface area contributed by atoms with Gasteiger partial charge in [0.25, 0.3) is 0 Å². The Morgan fingerprint density at radius 3 is 2.03 bits per heavy atom. The molecular formula is C29H28N5O4P. The highest BCUT2D eigenvalue weighted by Gasteiger charge is 2.30. The van der Waals surface area contributed by atoms with Crippen LogP contribution in [0.3, 0.4) is 0 Å². The number of nitrogens with one attached hydrogen (secondary N) is 2. The number of aromatic nitrogens is 4. The highest BCUT2D eigenvalue weighted by molar-refractivity contribution is 7.54. The smallest absolute Gasteiger partial charge is 0.444 e. The summed E-state index contributed by atoms with van der Waals surface area (Å²) in [5.41, 5.74) is 3.09. The third-order valence-electron chi connectivity index (χ3n) is 6.01. The van der Waals surface area contributed by atoms with Crippen LogP contribution in [-0.4, -0.2) is 34.0 Å². The van der Waals surface area contributed by atoms with Crippen molar-refractivity contribution in [1.82, 2.24) is 25.9 Å². The summed E-state index contributed by atoms with van der Waals surface area (Å²) in [6.07, 6.45) is 0.446. The lowest BCUT2D eigenvalue weighted by atomic mass is 10.00. The van der Waals surface area contributed by atoms with Crippen LogP contribution < -0.4 is 19.1 Å².